The van der Waals surface area contributed by atoms with Crippen molar-refractivity contribution in [1.82, 2.24) is 10.4 Å². The molecule has 0 aliphatic carbocycles. The van der Waals surface area contributed by atoms with Crippen LogP contribution in [-0.2, 0) is 9.59 Å². The highest BCUT2D eigenvalue weighted by molar-refractivity contribution is 8.00. The molecule has 0 radical (unpaired) electrons. The molecule has 3 amide bonds. The molecule has 0 aromatic heterocycles. The van der Waals surface area contributed by atoms with Gasteiger partial charge in [-0.1, -0.05) is 29.8 Å². The molecule has 1 saturated heterocycles. The lowest BCUT2D eigenvalue weighted by atomic mass is 10.1. The Morgan fingerprint density at radius 3 is 2.72 bits per heavy atom. The number of nitrogens with one attached hydrogen (secondary N) is 2. The van der Waals surface area contributed by atoms with Crippen LogP contribution in [0.1, 0.15) is 35.1 Å². The summed E-state index contributed by atoms with van der Waals surface area (Å²) in [6.07, 6.45) is 0. The molecular formula is C20H20ClN3O4S. The van der Waals surface area contributed by atoms with Crippen LogP contribution in [0.15, 0.2) is 42.5 Å². The van der Waals surface area contributed by atoms with Gasteiger partial charge < -0.3 is 10.1 Å². The van der Waals surface area contributed by atoms with Gasteiger partial charge in [-0.15, -0.1) is 11.8 Å². The number of hydrogen-bond donors (Lipinski definition) is 2. The molecular weight excluding hydrogens is 414 g/mol. The fourth-order valence-electron chi connectivity index (χ4n) is 2.89. The summed E-state index contributed by atoms with van der Waals surface area (Å²) in [4.78, 5) is 36.6. The first-order valence-electron chi connectivity index (χ1n) is 8.94. The van der Waals surface area contributed by atoms with Gasteiger partial charge in [-0.3, -0.25) is 19.8 Å². The van der Waals surface area contributed by atoms with Gasteiger partial charge in [0.1, 0.15) is 11.1 Å². The van der Waals surface area contributed by atoms with E-state index in [0.29, 0.717) is 23.1 Å². The normalized spacial score (nSPS) is 15.9. The first-order valence-corrected chi connectivity index (χ1v) is 10.4. The van der Waals surface area contributed by atoms with Crippen molar-refractivity contribution in [3.63, 3.8) is 0 Å². The highest BCUT2D eigenvalue weighted by Crippen LogP contribution is 2.40. The summed E-state index contributed by atoms with van der Waals surface area (Å²) in [5.74, 6) is -0.399. The summed E-state index contributed by atoms with van der Waals surface area (Å²) in [5.41, 5.74) is 4.19. The second-order valence-corrected chi connectivity index (χ2v) is 7.69. The van der Waals surface area contributed by atoms with Gasteiger partial charge in [0.15, 0.2) is 0 Å². The third kappa shape index (κ3) is 4.83. The van der Waals surface area contributed by atoms with Gasteiger partial charge in [-0.05, 0) is 25.1 Å². The lowest BCUT2D eigenvalue weighted by Crippen LogP contribution is -2.44. The highest BCUT2D eigenvalue weighted by Gasteiger charge is 2.35. The number of halogens is 1. The predicted octanol–water partition coefficient (Wildman–Crippen LogP) is 3.62. The van der Waals surface area contributed by atoms with Crippen LogP contribution >= 0.6 is 23.4 Å². The monoisotopic (exact) mass is 433 g/mol. The fraction of sp³-hybridized carbons (Fsp3) is 0.250. The molecule has 1 unspecified atom stereocenters. The van der Waals surface area contributed by atoms with E-state index in [2.05, 4.69) is 10.7 Å². The summed E-state index contributed by atoms with van der Waals surface area (Å²) in [7, 11) is 0. The molecule has 2 aromatic rings. The number of amides is 3. The van der Waals surface area contributed by atoms with Gasteiger partial charge >= 0.3 is 0 Å². The number of hydrogen-bond acceptors (Lipinski definition) is 5. The number of hydrazine groups is 1. The number of anilines is 1. The topological polar surface area (TPSA) is 87.7 Å². The Morgan fingerprint density at radius 1 is 1.28 bits per heavy atom. The van der Waals surface area contributed by atoms with E-state index in [1.54, 1.807) is 37.3 Å². The number of carbonyl (C=O) groups is 3. The second-order valence-electron chi connectivity index (χ2n) is 6.21. The Balaban J connectivity index is 1.85. The average molecular weight is 434 g/mol. The fourth-order valence-corrected chi connectivity index (χ4v) is 4.33. The van der Waals surface area contributed by atoms with E-state index in [-0.39, 0.29) is 23.1 Å². The van der Waals surface area contributed by atoms with Crippen molar-refractivity contribution < 1.29 is 19.1 Å². The molecule has 29 heavy (non-hydrogen) atoms. The Labute approximate surface area is 177 Å². The van der Waals surface area contributed by atoms with Crippen molar-refractivity contribution in [2.24, 2.45) is 0 Å². The molecule has 152 valence electrons. The molecule has 7 nitrogen and oxygen atoms in total. The van der Waals surface area contributed by atoms with Gasteiger partial charge in [0.2, 0.25) is 5.91 Å². The molecule has 2 aromatic carbocycles. The van der Waals surface area contributed by atoms with Crippen molar-refractivity contribution in [2.45, 2.75) is 19.2 Å². The van der Waals surface area contributed by atoms with Crippen LogP contribution in [0.4, 0.5) is 5.69 Å². The molecule has 0 saturated carbocycles. The van der Waals surface area contributed by atoms with Crippen LogP contribution in [-0.4, -0.2) is 35.1 Å². The third-order valence-electron chi connectivity index (χ3n) is 4.11. The number of nitrogens with zero attached hydrogens (tertiary/aromatic N) is 1. The van der Waals surface area contributed by atoms with Crippen LogP contribution in [0.2, 0.25) is 5.02 Å². The number of ether oxygens (including phenoxy) is 1. The lowest BCUT2D eigenvalue weighted by molar-refractivity contribution is -0.130. The summed E-state index contributed by atoms with van der Waals surface area (Å²) in [5, 5.41) is 4.05. The molecule has 2 N–H and O–H groups in total. The van der Waals surface area contributed by atoms with E-state index >= 15 is 0 Å². The van der Waals surface area contributed by atoms with E-state index in [1.165, 1.54) is 23.7 Å². The Bertz CT molecular complexity index is 953. The van der Waals surface area contributed by atoms with Crippen LogP contribution in [0, 0.1) is 0 Å². The van der Waals surface area contributed by atoms with Gasteiger partial charge in [0, 0.05) is 29.3 Å². The molecule has 0 bridgehead atoms. The smallest absolute Gasteiger partial charge is 0.273 e. The van der Waals surface area contributed by atoms with E-state index in [4.69, 9.17) is 16.3 Å². The number of rotatable bonds is 6. The first kappa shape index (κ1) is 21.0. The molecule has 1 atom stereocenters. The predicted molar refractivity (Wildman–Crippen MR) is 113 cm³/mol. The van der Waals surface area contributed by atoms with Crippen molar-refractivity contribution in [3.8, 4) is 5.75 Å². The quantitative estimate of drug-likeness (QED) is 0.726. The lowest BCUT2D eigenvalue weighted by Gasteiger charge is -2.25. The van der Waals surface area contributed by atoms with Crippen molar-refractivity contribution >= 4 is 46.8 Å². The summed E-state index contributed by atoms with van der Waals surface area (Å²) >= 11 is 7.66. The number of thioether (sulfide) groups is 1. The zero-order valence-corrected chi connectivity index (χ0v) is 17.5. The Kier molecular flexibility index (Phi) is 6.66. The summed E-state index contributed by atoms with van der Waals surface area (Å²) in [6.45, 7) is 3.53. The standard InChI is InChI=1S/C20H20ClN3O4S/c1-3-28-17-10-13(22-12(2)25)8-9-15(17)19(27)23-24-18(26)11-29-20(24)14-6-4-5-7-16(14)21/h4-10,20H,3,11H2,1-2H3,(H,22,25)(H,23,27). The molecule has 0 spiro atoms. The largest absolute Gasteiger partial charge is 0.493 e. The maximum absolute atomic E-state index is 12.9. The zero-order chi connectivity index (χ0) is 21.0. The second kappa shape index (κ2) is 9.19. The van der Waals surface area contributed by atoms with Crippen LogP contribution in [0.25, 0.3) is 0 Å². The summed E-state index contributed by atoms with van der Waals surface area (Å²) in [6, 6.07) is 11.9. The third-order valence-corrected chi connectivity index (χ3v) is 5.65. The van der Waals surface area contributed by atoms with E-state index in [1.807, 2.05) is 12.1 Å². The minimum absolute atomic E-state index is 0.221. The number of carbonyl (C=O) groups excluding carboxylic acids is 3. The van der Waals surface area contributed by atoms with E-state index in [0.717, 1.165) is 5.56 Å². The molecule has 1 fully saturated rings. The van der Waals surface area contributed by atoms with Crippen LogP contribution in [0.3, 0.4) is 0 Å². The molecule has 3 rings (SSSR count). The van der Waals surface area contributed by atoms with Crippen molar-refractivity contribution in [2.75, 3.05) is 17.7 Å². The van der Waals surface area contributed by atoms with E-state index < -0.39 is 11.3 Å². The Morgan fingerprint density at radius 2 is 2.03 bits per heavy atom. The van der Waals surface area contributed by atoms with Crippen LogP contribution < -0.4 is 15.5 Å². The van der Waals surface area contributed by atoms with E-state index in [9.17, 15) is 14.4 Å². The molecule has 9 heteroatoms. The van der Waals surface area contributed by atoms with Crippen molar-refractivity contribution in [3.05, 3.63) is 58.6 Å². The minimum atomic E-state index is -0.490. The maximum Gasteiger partial charge on any atom is 0.273 e. The zero-order valence-electron chi connectivity index (χ0n) is 15.9. The van der Waals surface area contributed by atoms with Crippen molar-refractivity contribution in [1.29, 1.82) is 0 Å². The Hall–Kier alpha value is -2.71. The molecule has 1 heterocycles. The SMILES string of the molecule is CCOc1cc(NC(C)=O)ccc1C(=O)NN1C(=O)CSC1c1ccccc1Cl. The van der Waals surface area contributed by atoms with Gasteiger partial charge in [-0.25, -0.2) is 5.01 Å². The maximum atomic E-state index is 12.9. The van der Waals surface area contributed by atoms with Gasteiger partial charge in [0.25, 0.3) is 11.8 Å². The minimum Gasteiger partial charge on any atom is -0.493 e. The first-order chi connectivity index (χ1) is 13.9. The average Bonchev–Trinajstić information content (AvgIpc) is 3.02. The van der Waals surface area contributed by atoms with Gasteiger partial charge in [0.05, 0.1) is 17.9 Å². The molecule has 1 aliphatic heterocycles. The summed E-state index contributed by atoms with van der Waals surface area (Å²) < 4.78 is 5.56. The van der Waals surface area contributed by atoms with Crippen LogP contribution in [0.5, 0.6) is 5.75 Å². The van der Waals surface area contributed by atoms with Gasteiger partial charge in [-0.2, -0.15) is 0 Å². The highest BCUT2D eigenvalue weighted by atomic mass is 35.5. The number of benzene rings is 2. The molecule has 1 aliphatic rings.